The number of anilines is 1. The highest BCUT2D eigenvalue weighted by molar-refractivity contribution is 5.69. The van der Waals surface area contributed by atoms with Crippen LogP contribution in [-0.2, 0) is 11.8 Å². The molecule has 2 rings (SSSR count). The van der Waals surface area contributed by atoms with E-state index in [1.807, 2.05) is 38.9 Å². The van der Waals surface area contributed by atoms with E-state index >= 15 is 0 Å². The molecule has 2 heterocycles. The molecule has 6 heteroatoms. The minimum absolute atomic E-state index is 0.153. The number of hydrogen-bond acceptors (Lipinski definition) is 4. The van der Waals surface area contributed by atoms with Crippen molar-refractivity contribution < 1.29 is 9.53 Å². The van der Waals surface area contributed by atoms with Gasteiger partial charge in [-0.15, -0.1) is 0 Å². The Labute approximate surface area is 126 Å². The van der Waals surface area contributed by atoms with E-state index in [0.29, 0.717) is 0 Å². The highest BCUT2D eigenvalue weighted by atomic mass is 16.6. The highest BCUT2D eigenvalue weighted by Crippen LogP contribution is 2.24. The molecule has 1 fully saturated rings. The molecule has 6 nitrogen and oxygen atoms in total. The van der Waals surface area contributed by atoms with E-state index in [0.717, 1.165) is 25.1 Å². The molecule has 118 valence electrons. The molecule has 0 spiro atoms. The van der Waals surface area contributed by atoms with Crippen molar-refractivity contribution in [1.29, 1.82) is 0 Å². The van der Waals surface area contributed by atoms with Gasteiger partial charge in [-0.25, -0.2) is 4.79 Å². The molecule has 0 aromatic carbocycles. The fourth-order valence-corrected chi connectivity index (χ4v) is 2.71. The van der Waals surface area contributed by atoms with Gasteiger partial charge < -0.3 is 15.0 Å². The number of aryl methyl sites for hydroxylation is 1. The van der Waals surface area contributed by atoms with Crippen molar-refractivity contribution in [2.24, 2.45) is 7.05 Å². The molecule has 1 aromatic rings. The van der Waals surface area contributed by atoms with Crippen molar-refractivity contribution in [3.63, 3.8) is 0 Å². The highest BCUT2D eigenvalue weighted by Gasteiger charge is 2.35. The van der Waals surface area contributed by atoms with E-state index in [-0.39, 0.29) is 18.2 Å². The average molecular weight is 294 g/mol. The zero-order valence-corrected chi connectivity index (χ0v) is 13.6. The summed E-state index contributed by atoms with van der Waals surface area (Å²) in [4.78, 5) is 14.1. The van der Waals surface area contributed by atoms with Gasteiger partial charge in [-0.3, -0.25) is 4.68 Å². The Balaban J connectivity index is 1.99. The Morgan fingerprint density at radius 1 is 1.52 bits per heavy atom. The van der Waals surface area contributed by atoms with Crippen LogP contribution in [0.5, 0.6) is 0 Å². The third-order valence-corrected chi connectivity index (χ3v) is 3.60. The van der Waals surface area contributed by atoms with Crippen molar-refractivity contribution in [3.05, 3.63) is 12.4 Å². The minimum Gasteiger partial charge on any atom is -0.444 e. The predicted molar refractivity (Wildman–Crippen MR) is 82.3 cm³/mol. The number of carbonyl (C=O) groups excluding carboxylic acids is 1. The van der Waals surface area contributed by atoms with Gasteiger partial charge in [0.2, 0.25) is 0 Å². The van der Waals surface area contributed by atoms with Crippen LogP contribution in [0, 0.1) is 0 Å². The molecule has 2 atom stereocenters. The van der Waals surface area contributed by atoms with Gasteiger partial charge in [-0.2, -0.15) is 5.10 Å². The second-order valence-electron chi connectivity index (χ2n) is 6.72. The SMILES string of the molecule is C[C@@H](Nc1cnn(C)c1)[C@@H]1CCCN1C(=O)OC(C)(C)C. The molecule has 1 N–H and O–H groups in total. The number of ether oxygens (including phenoxy) is 1. The first kappa shape index (κ1) is 15.7. The number of amides is 1. The van der Waals surface area contributed by atoms with Crippen LogP contribution in [0.15, 0.2) is 12.4 Å². The number of nitrogens with one attached hydrogen (secondary N) is 1. The smallest absolute Gasteiger partial charge is 0.410 e. The number of nitrogens with zero attached hydrogens (tertiary/aromatic N) is 3. The lowest BCUT2D eigenvalue weighted by molar-refractivity contribution is 0.0216. The fraction of sp³-hybridized carbons (Fsp3) is 0.733. The van der Waals surface area contributed by atoms with Gasteiger partial charge in [-0.05, 0) is 40.5 Å². The topological polar surface area (TPSA) is 59.4 Å². The molecule has 0 radical (unpaired) electrons. The first-order chi connectivity index (χ1) is 9.76. The van der Waals surface area contributed by atoms with Crippen LogP contribution in [0.3, 0.4) is 0 Å². The molecule has 1 aliphatic heterocycles. The number of hydrogen-bond donors (Lipinski definition) is 1. The monoisotopic (exact) mass is 294 g/mol. The molecule has 0 aliphatic carbocycles. The summed E-state index contributed by atoms with van der Waals surface area (Å²) in [6.07, 6.45) is 5.52. The summed E-state index contributed by atoms with van der Waals surface area (Å²) >= 11 is 0. The lowest BCUT2D eigenvalue weighted by Crippen LogP contribution is -2.46. The van der Waals surface area contributed by atoms with E-state index < -0.39 is 5.60 Å². The molecule has 0 bridgehead atoms. The number of aromatic nitrogens is 2. The quantitative estimate of drug-likeness (QED) is 0.931. The van der Waals surface area contributed by atoms with E-state index in [4.69, 9.17) is 4.74 Å². The van der Waals surface area contributed by atoms with E-state index in [1.54, 1.807) is 10.9 Å². The molecule has 1 saturated heterocycles. The number of carbonyl (C=O) groups is 1. The fourth-order valence-electron chi connectivity index (χ4n) is 2.71. The summed E-state index contributed by atoms with van der Waals surface area (Å²) in [5.74, 6) is 0. The van der Waals surface area contributed by atoms with Crippen molar-refractivity contribution in [3.8, 4) is 0 Å². The number of rotatable bonds is 3. The van der Waals surface area contributed by atoms with Gasteiger partial charge >= 0.3 is 6.09 Å². The Morgan fingerprint density at radius 2 is 2.24 bits per heavy atom. The van der Waals surface area contributed by atoms with Crippen molar-refractivity contribution in [2.75, 3.05) is 11.9 Å². The van der Waals surface area contributed by atoms with Gasteiger partial charge in [0, 0.05) is 25.8 Å². The van der Waals surface area contributed by atoms with Gasteiger partial charge in [0.15, 0.2) is 0 Å². The summed E-state index contributed by atoms with van der Waals surface area (Å²) in [6, 6.07) is 0.310. The zero-order valence-electron chi connectivity index (χ0n) is 13.6. The molecule has 1 aliphatic rings. The summed E-state index contributed by atoms with van der Waals surface area (Å²) in [6.45, 7) is 8.55. The van der Waals surface area contributed by atoms with Crippen LogP contribution >= 0.6 is 0 Å². The third-order valence-electron chi connectivity index (χ3n) is 3.60. The molecule has 21 heavy (non-hydrogen) atoms. The second kappa shape index (κ2) is 5.95. The van der Waals surface area contributed by atoms with Gasteiger partial charge in [0.05, 0.1) is 17.9 Å². The Kier molecular flexibility index (Phi) is 4.44. The lowest BCUT2D eigenvalue weighted by atomic mass is 10.1. The van der Waals surface area contributed by atoms with Gasteiger partial charge in [0.1, 0.15) is 5.60 Å². The van der Waals surface area contributed by atoms with Crippen LogP contribution in [0.4, 0.5) is 10.5 Å². The number of likely N-dealkylation sites (tertiary alicyclic amines) is 1. The maximum Gasteiger partial charge on any atom is 0.410 e. The van der Waals surface area contributed by atoms with E-state index in [9.17, 15) is 4.79 Å². The van der Waals surface area contributed by atoms with Crippen molar-refractivity contribution in [1.82, 2.24) is 14.7 Å². The maximum atomic E-state index is 12.3. The van der Waals surface area contributed by atoms with Crippen LogP contribution in [-0.4, -0.2) is 45.0 Å². The average Bonchev–Trinajstić information content (AvgIpc) is 2.95. The minimum atomic E-state index is -0.454. The van der Waals surface area contributed by atoms with Gasteiger partial charge in [0.25, 0.3) is 0 Å². The molecule has 1 amide bonds. The summed E-state index contributed by atoms with van der Waals surface area (Å²) < 4.78 is 7.26. The first-order valence-electron chi connectivity index (χ1n) is 7.51. The molecular weight excluding hydrogens is 268 g/mol. The van der Waals surface area contributed by atoms with E-state index in [1.165, 1.54) is 0 Å². The predicted octanol–water partition coefficient (Wildman–Crippen LogP) is 2.62. The standard InChI is InChI=1S/C15H26N4O2/c1-11(17-12-9-16-18(5)10-12)13-7-6-8-19(13)14(20)21-15(2,3)4/h9-11,13,17H,6-8H2,1-5H3/t11-,13+/m1/s1. The molecule has 1 aromatic heterocycles. The normalized spacial score (nSPS) is 20.4. The third kappa shape index (κ3) is 4.12. The Morgan fingerprint density at radius 3 is 2.81 bits per heavy atom. The van der Waals surface area contributed by atoms with Crippen LogP contribution in [0.25, 0.3) is 0 Å². The van der Waals surface area contributed by atoms with Crippen molar-refractivity contribution >= 4 is 11.8 Å². The Bertz CT molecular complexity index is 492. The second-order valence-corrected chi connectivity index (χ2v) is 6.72. The summed E-state index contributed by atoms with van der Waals surface area (Å²) in [7, 11) is 1.89. The maximum absolute atomic E-state index is 12.3. The largest absolute Gasteiger partial charge is 0.444 e. The van der Waals surface area contributed by atoms with Crippen LogP contribution in [0.1, 0.15) is 40.5 Å². The summed E-state index contributed by atoms with van der Waals surface area (Å²) in [5, 5.41) is 7.57. The lowest BCUT2D eigenvalue weighted by Gasteiger charge is -2.32. The molecule has 0 saturated carbocycles. The first-order valence-corrected chi connectivity index (χ1v) is 7.51. The van der Waals surface area contributed by atoms with Crippen LogP contribution in [0.2, 0.25) is 0 Å². The zero-order chi connectivity index (χ0) is 15.6. The summed E-state index contributed by atoms with van der Waals surface area (Å²) in [5.41, 5.74) is 0.519. The Hall–Kier alpha value is -1.72. The van der Waals surface area contributed by atoms with Crippen molar-refractivity contribution in [2.45, 2.75) is 58.2 Å². The van der Waals surface area contributed by atoms with Gasteiger partial charge in [-0.1, -0.05) is 0 Å². The van der Waals surface area contributed by atoms with Crippen LogP contribution < -0.4 is 5.32 Å². The van der Waals surface area contributed by atoms with E-state index in [2.05, 4.69) is 17.3 Å². The molecule has 0 unspecified atom stereocenters. The molecular formula is C15H26N4O2.